The van der Waals surface area contributed by atoms with Gasteiger partial charge in [-0.25, -0.2) is 4.98 Å². The van der Waals surface area contributed by atoms with E-state index < -0.39 is 46.0 Å². The average molecular weight is 544 g/mol. The number of hydrogen-bond acceptors (Lipinski definition) is 7. The van der Waals surface area contributed by atoms with Gasteiger partial charge in [0.05, 0.1) is 16.2 Å². The second-order valence-electron chi connectivity index (χ2n) is 9.03. The first-order chi connectivity index (χ1) is 18.4. The van der Waals surface area contributed by atoms with E-state index >= 15 is 0 Å². The third-order valence-corrected chi connectivity index (χ3v) is 6.37. The van der Waals surface area contributed by atoms with Gasteiger partial charge in [0.1, 0.15) is 23.2 Å². The molecule has 0 saturated heterocycles. The number of rotatable bonds is 8. The Morgan fingerprint density at radius 3 is 2.59 bits per heavy atom. The number of carbonyl (C=O) groups is 2. The quantitative estimate of drug-likeness (QED) is 0.288. The molecule has 204 valence electrons. The Balaban J connectivity index is 1.59. The molecule has 0 radical (unpaired) electrons. The molecule has 39 heavy (non-hydrogen) atoms. The number of primary amides is 1. The predicted molar refractivity (Wildman–Crippen MR) is 134 cm³/mol. The summed E-state index contributed by atoms with van der Waals surface area (Å²) < 4.78 is 40.2. The van der Waals surface area contributed by atoms with E-state index in [-0.39, 0.29) is 53.5 Å². The Labute approximate surface area is 219 Å². The molecule has 2 heterocycles. The van der Waals surface area contributed by atoms with E-state index in [1.807, 2.05) is 0 Å². The molecule has 0 spiro atoms. The van der Waals surface area contributed by atoms with Crippen molar-refractivity contribution in [3.63, 3.8) is 0 Å². The van der Waals surface area contributed by atoms with Gasteiger partial charge in [-0.15, -0.1) is 0 Å². The molecular weight excluding hydrogens is 521 g/mol. The highest BCUT2D eigenvalue weighted by Gasteiger charge is 2.39. The van der Waals surface area contributed by atoms with Crippen LogP contribution in [-0.2, 0) is 22.3 Å². The van der Waals surface area contributed by atoms with Crippen molar-refractivity contribution in [2.45, 2.75) is 44.4 Å². The van der Waals surface area contributed by atoms with Crippen molar-refractivity contribution in [3.8, 4) is 0 Å². The molecular formula is C25H23F3N6O5. The van der Waals surface area contributed by atoms with Crippen molar-refractivity contribution >= 4 is 28.9 Å². The van der Waals surface area contributed by atoms with Gasteiger partial charge in [-0.2, -0.15) is 13.2 Å². The van der Waals surface area contributed by atoms with Crippen LogP contribution in [0.25, 0.3) is 0 Å². The molecule has 0 bridgehead atoms. The van der Waals surface area contributed by atoms with Crippen molar-refractivity contribution in [3.05, 3.63) is 91.6 Å². The molecule has 2 aromatic carbocycles. The van der Waals surface area contributed by atoms with Crippen LogP contribution in [0, 0.1) is 17.0 Å². The van der Waals surface area contributed by atoms with Crippen molar-refractivity contribution in [1.82, 2.24) is 9.55 Å². The lowest BCUT2D eigenvalue weighted by Gasteiger charge is -2.16. The van der Waals surface area contributed by atoms with Crippen LogP contribution in [0.3, 0.4) is 0 Å². The van der Waals surface area contributed by atoms with Crippen molar-refractivity contribution < 1.29 is 27.7 Å². The number of halogens is 3. The number of nitrogens with zero attached hydrogens (tertiary/aromatic N) is 3. The minimum atomic E-state index is -4.53. The summed E-state index contributed by atoms with van der Waals surface area (Å²) in [5, 5.41) is 16.5. The molecule has 0 saturated carbocycles. The molecule has 1 aliphatic heterocycles. The number of nitro benzene ring substituents is 1. The molecule has 0 aliphatic carbocycles. The van der Waals surface area contributed by atoms with Gasteiger partial charge in [-0.05, 0) is 37.1 Å². The fourth-order valence-corrected chi connectivity index (χ4v) is 4.56. The number of benzene rings is 2. The summed E-state index contributed by atoms with van der Waals surface area (Å²) in [5.74, 6) is -1.98. The van der Waals surface area contributed by atoms with Crippen LogP contribution in [0.2, 0.25) is 0 Å². The summed E-state index contributed by atoms with van der Waals surface area (Å²) in [5.41, 5.74) is 4.20. The predicted octanol–water partition coefficient (Wildman–Crippen LogP) is 3.63. The number of para-hydroxylation sites is 2. The van der Waals surface area contributed by atoms with Crippen LogP contribution in [0.15, 0.2) is 53.3 Å². The molecule has 14 heteroatoms. The second-order valence-corrected chi connectivity index (χ2v) is 9.03. The summed E-state index contributed by atoms with van der Waals surface area (Å²) in [6.07, 6.45) is -4.76. The number of amides is 2. The van der Waals surface area contributed by atoms with Crippen LogP contribution in [0.5, 0.6) is 0 Å². The van der Waals surface area contributed by atoms with Gasteiger partial charge in [-0.3, -0.25) is 29.1 Å². The van der Waals surface area contributed by atoms with Crippen molar-refractivity contribution in [1.29, 1.82) is 0 Å². The molecule has 0 fully saturated rings. The van der Waals surface area contributed by atoms with Gasteiger partial charge in [0.2, 0.25) is 11.8 Å². The maximum atomic E-state index is 13.4. The third-order valence-electron chi connectivity index (χ3n) is 6.37. The Kier molecular flexibility index (Phi) is 7.38. The van der Waals surface area contributed by atoms with E-state index in [0.717, 1.165) is 16.7 Å². The van der Waals surface area contributed by atoms with Gasteiger partial charge < -0.3 is 16.4 Å². The number of aromatic nitrogens is 2. The van der Waals surface area contributed by atoms with Gasteiger partial charge in [0.15, 0.2) is 0 Å². The third kappa shape index (κ3) is 5.73. The number of nitrogens with one attached hydrogen (secondary N) is 2. The number of carbonyl (C=O) groups excluding carboxylic acids is 2. The molecule has 3 aromatic rings. The summed E-state index contributed by atoms with van der Waals surface area (Å²) in [4.78, 5) is 53.4. The molecule has 1 aliphatic rings. The van der Waals surface area contributed by atoms with Crippen molar-refractivity contribution in [2.24, 2.45) is 5.73 Å². The van der Waals surface area contributed by atoms with Crippen LogP contribution in [0.1, 0.15) is 47.4 Å². The van der Waals surface area contributed by atoms with E-state index in [1.165, 1.54) is 43.3 Å². The molecule has 2 unspecified atom stereocenters. The van der Waals surface area contributed by atoms with Gasteiger partial charge in [-0.1, -0.05) is 24.3 Å². The lowest BCUT2D eigenvalue weighted by molar-refractivity contribution is -0.383. The first-order valence-corrected chi connectivity index (χ1v) is 11.7. The molecule has 4 rings (SSSR count). The number of nitrogens with two attached hydrogens (primary N) is 1. The number of alkyl halides is 3. The smallest absolute Gasteiger partial charge is 0.375 e. The highest BCUT2D eigenvalue weighted by atomic mass is 19.4. The first-order valence-electron chi connectivity index (χ1n) is 11.7. The zero-order valence-corrected chi connectivity index (χ0v) is 20.5. The molecule has 2 amide bonds. The van der Waals surface area contributed by atoms with Crippen LogP contribution in [-0.4, -0.2) is 26.3 Å². The number of hydrogen-bond donors (Lipinski definition) is 3. The van der Waals surface area contributed by atoms with E-state index in [0.29, 0.717) is 0 Å². The minimum absolute atomic E-state index is 0.00159. The summed E-state index contributed by atoms with van der Waals surface area (Å²) >= 11 is 0. The van der Waals surface area contributed by atoms with Crippen molar-refractivity contribution in [2.75, 3.05) is 10.6 Å². The Hall–Kier alpha value is -4.75. The van der Waals surface area contributed by atoms with Crippen LogP contribution in [0.4, 0.5) is 30.2 Å². The minimum Gasteiger partial charge on any atom is -0.375 e. The summed E-state index contributed by atoms with van der Waals surface area (Å²) in [6.45, 7) is 1.39. The zero-order valence-electron chi connectivity index (χ0n) is 20.5. The highest BCUT2D eigenvalue weighted by molar-refractivity contribution is 5.93. The normalized spacial score (nSPS) is 16.4. The average Bonchev–Trinajstić information content (AvgIpc) is 3.22. The monoisotopic (exact) mass is 544 g/mol. The number of nitro groups is 1. The molecule has 4 N–H and O–H groups in total. The molecule has 11 nitrogen and oxygen atoms in total. The van der Waals surface area contributed by atoms with E-state index in [4.69, 9.17) is 5.73 Å². The lowest BCUT2D eigenvalue weighted by atomic mass is 9.99. The lowest BCUT2D eigenvalue weighted by Crippen LogP contribution is -2.34. The number of fused-ring (bicyclic) bond motifs is 1. The maximum Gasteiger partial charge on any atom is 0.416 e. The zero-order chi connectivity index (χ0) is 28.5. The Morgan fingerprint density at radius 1 is 1.21 bits per heavy atom. The second kappa shape index (κ2) is 10.6. The number of aryl methyl sites for hydroxylation is 1. The SMILES string of the molecule is Cc1nc2n(c(=O)c1NCc1cccc(C(F)(F)F)c1)C(C(N)=O)CC2CC(=O)Nc1ccccc1[N+](=O)[O-]. The van der Waals surface area contributed by atoms with E-state index in [1.54, 1.807) is 0 Å². The fraction of sp³-hybridized carbons (Fsp3) is 0.280. The Morgan fingerprint density at radius 2 is 1.92 bits per heavy atom. The molecule has 2 atom stereocenters. The summed E-state index contributed by atoms with van der Waals surface area (Å²) in [6, 6.07) is 9.09. The van der Waals surface area contributed by atoms with Crippen LogP contribution >= 0.6 is 0 Å². The Bertz CT molecular complexity index is 1520. The van der Waals surface area contributed by atoms with E-state index in [2.05, 4.69) is 15.6 Å². The molecule has 1 aromatic heterocycles. The maximum absolute atomic E-state index is 13.4. The van der Waals surface area contributed by atoms with Gasteiger partial charge >= 0.3 is 6.18 Å². The van der Waals surface area contributed by atoms with Gasteiger partial charge in [0.25, 0.3) is 11.2 Å². The highest BCUT2D eigenvalue weighted by Crippen LogP contribution is 2.37. The van der Waals surface area contributed by atoms with E-state index in [9.17, 15) is 37.7 Å². The topological polar surface area (TPSA) is 162 Å². The fourth-order valence-electron chi connectivity index (χ4n) is 4.56. The first kappa shape index (κ1) is 27.3. The van der Waals surface area contributed by atoms with Crippen LogP contribution < -0.4 is 21.9 Å². The largest absolute Gasteiger partial charge is 0.416 e. The number of anilines is 2. The summed E-state index contributed by atoms with van der Waals surface area (Å²) in [7, 11) is 0. The standard InChI is InChI=1S/C25H23F3N6O5/c1-13-21(30-12-14-5-4-6-16(9-14)25(26,27)28)24(37)33-19(22(29)36)10-15(23(33)31-13)11-20(35)32-17-7-2-3-8-18(17)34(38)39/h2-9,15,19,30H,10-12H2,1H3,(H2,29,36)(H,32,35). The van der Waals surface area contributed by atoms with Gasteiger partial charge in [0, 0.05) is 24.9 Å².